The van der Waals surface area contributed by atoms with E-state index in [-0.39, 0.29) is 49.0 Å². The normalized spacial score (nSPS) is 17.4. The molecule has 0 heterocycles. The lowest BCUT2D eigenvalue weighted by Gasteiger charge is -2.37. The summed E-state index contributed by atoms with van der Waals surface area (Å²) in [7, 11) is 0. The molecular formula is C38H68N4O7. The van der Waals surface area contributed by atoms with Gasteiger partial charge in [-0.2, -0.15) is 0 Å². The number of aliphatic carboxylic acids is 1. The minimum atomic E-state index is -1.53. The minimum Gasteiger partial charge on any atom is -0.481 e. The van der Waals surface area contributed by atoms with Gasteiger partial charge in [-0.05, 0) is 42.9 Å². The van der Waals surface area contributed by atoms with Crippen molar-refractivity contribution in [2.45, 2.75) is 178 Å². The average molecular weight is 693 g/mol. The fourth-order valence-corrected chi connectivity index (χ4v) is 6.80. The predicted octanol–water partition coefficient (Wildman–Crippen LogP) is 6.32. The van der Waals surface area contributed by atoms with E-state index in [1.165, 1.54) is 0 Å². The second-order valence-corrected chi connectivity index (χ2v) is 17.4. The highest BCUT2D eigenvalue weighted by molar-refractivity contribution is 5.98. The Bertz CT molecular complexity index is 1150. The topological polar surface area (TPSA) is 171 Å². The second kappa shape index (κ2) is 18.3. The molecule has 4 atom stereocenters. The van der Waals surface area contributed by atoms with E-state index >= 15 is 0 Å². The fraction of sp³-hybridized carbons (Fsp3) is 0.842. The van der Waals surface area contributed by atoms with Crippen LogP contribution in [-0.2, 0) is 24.0 Å². The van der Waals surface area contributed by atoms with E-state index in [0.29, 0.717) is 19.3 Å². The Hall–Kier alpha value is -2.98. The largest absolute Gasteiger partial charge is 0.481 e. The molecule has 0 radical (unpaired) electrons. The number of rotatable bonds is 18. The molecule has 0 aromatic rings. The molecule has 0 aliphatic heterocycles. The lowest BCUT2D eigenvalue weighted by Crippen LogP contribution is -2.61. The van der Waals surface area contributed by atoms with Gasteiger partial charge in [0.05, 0.1) is 17.4 Å². The summed E-state index contributed by atoms with van der Waals surface area (Å²) in [5.41, 5.74) is -3.40. The summed E-state index contributed by atoms with van der Waals surface area (Å²) >= 11 is 0. The van der Waals surface area contributed by atoms with Gasteiger partial charge in [-0.15, -0.1) is 0 Å². The van der Waals surface area contributed by atoms with Crippen LogP contribution in [0.3, 0.4) is 0 Å². The number of ketones is 2. The number of carboxylic acids is 1. The van der Waals surface area contributed by atoms with Crippen molar-refractivity contribution in [1.82, 2.24) is 21.3 Å². The van der Waals surface area contributed by atoms with Crippen molar-refractivity contribution in [2.75, 3.05) is 0 Å². The quantitative estimate of drug-likeness (QED) is 0.112. The summed E-state index contributed by atoms with van der Waals surface area (Å²) in [6.45, 7) is 22.6. The van der Waals surface area contributed by atoms with Gasteiger partial charge < -0.3 is 26.4 Å². The van der Waals surface area contributed by atoms with Crippen LogP contribution in [0.5, 0.6) is 0 Å². The van der Waals surface area contributed by atoms with Gasteiger partial charge in [-0.3, -0.25) is 24.0 Å². The Balaban J connectivity index is 3.53. The first kappa shape index (κ1) is 44.0. The first-order valence-electron chi connectivity index (χ1n) is 18.4. The summed E-state index contributed by atoms with van der Waals surface area (Å²) < 4.78 is 0. The van der Waals surface area contributed by atoms with Crippen LogP contribution in [0.2, 0.25) is 0 Å². The summed E-state index contributed by atoms with van der Waals surface area (Å²) in [5.74, 6) is -4.36. The van der Waals surface area contributed by atoms with Crippen molar-refractivity contribution < 1.29 is 33.9 Å². The number of carbonyl (C=O) groups is 6. The molecule has 0 spiro atoms. The van der Waals surface area contributed by atoms with Crippen molar-refractivity contribution in [2.24, 2.45) is 27.6 Å². The Morgan fingerprint density at radius 1 is 0.694 bits per heavy atom. The molecule has 0 aromatic carbocycles. The molecule has 5 N–H and O–H groups in total. The maximum atomic E-state index is 14.2. The van der Waals surface area contributed by atoms with Crippen molar-refractivity contribution in [3.63, 3.8) is 0 Å². The van der Waals surface area contributed by atoms with E-state index < -0.39 is 63.8 Å². The molecule has 11 heteroatoms. The number of amides is 4. The van der Waals surface area contributed by atoms with E-state index in [9.17, 15) is 33.9 Å². The van der Waals surface area contributed by atoms with Gasteiger partial charge in [0, 0.05) is 30.3 Å². The second-order valence-electron chi connectivity index (χ2n) is 17.4. The molecular weight excluding hydrogens is 624 g/mol. The number of carbonyl (C=O) groups excluding carboxylic acids is 5. The van der Waals surface area contributed by atoms with Crippen LogP contribution < -0.4 is 21.3 Å². The molecule has 0 bridgehead atoms. The molecule has 4 amide bonds. The molecule has 0 saturated heterocycles. The number of Topliss-reactive ketones (excluding diaryl/α,β-unsaturated/α-hetero) is 2. The number of hydrogen-bond acceptors (Lipinski definition) is 6. The van der Waals surface area contributed by atoms with E-state index in [1.54, 1.807) is 20.8 Å². The number of urea groups is 1. The van der Waals surface area contributed by atoms with Gasteiger partial charge in [0.25, 0.3) is 0 Å². The van der Waals surface area contributed by atoms with Crippen LogP contribution in [0.15, 0.2) is 0 Å². The number of nitrogens with one attached hydrogen (secondary N) is 4. The Morgan fingerprint density at radius 3 is 1.63 bits per heavy atom. The molecule has 282 valence electrons. The van der Waals surface area contributed by atoms with Gasteiger partial charge in [-0.1, -0.05) is 109 Å². The molecule has 0 unspecified atom stereocenters. The zero-order chi connectivity index (χ0) is 38.0. The minimum absolute atomic E-state index is 0.0422. The van der Waals surface area contributed by atoms with Crippen molar-refractivity contribution in [3.05, 3.63) is 0 Å². The third-order valence-corrected chi connectivity index (χ3v) is 9.95. The van der Waals surface area contributed by atoms with Crippen LogP contribution in [0, 0.1) is 27.6 Å². The summed E-state index contributed by atoms with van der Waals surface area (Å²) in [4.78, 5) is 81.6. The van der Waals surface area contributed by atoms with Crippen LogP contribution in [0.1, 0.15) is 154 Å². The smallest absolute Gasteiger partial charge is 0.315 e. The highest BCUT2D eigenvalue weighted by Crippen LogP contribution is 2.42. The lowest BCUT2D eigenvalue weighted by molar-refractivity contribution is -0.155. The highest BCUT2D eigenvalue weighted by Gasteiger charge is 2.53. The van der Waals surface area contributed by atoms with Gasteiger partial charge in [-0.25, -0.2) is 4.79 Å². The standard InChI is InChI=1S/C38H68N4O7/c1-13-18-25(19-14-2)39-34(49)42-29(37(10,11)12)26(43)22-24(23-28(44)36(7,8)9)31(45)41-30(38(33(47)48)20-16-17-21-38)32(46)40-27(15-3)35(4,5)6/h24-25,27,29-30H,13-23H2,1-12H3,(H,40,46)(H,41,45)(H,47,48)(H2,39,42,49)/t24-,27+,29+,30+/m0/s1. The molecule has 0 aromatic heterocycles. The van der Waals surface area contributed by atoms with Crippen LogP contribution in [-0.4, -0.2) is 64.7 Å². The van der Waals surface area contributed by atoms with Crippen LogP contribution in [0.4, 0.5) is 4.79 Å². The third-order valence-electron chi connectivity index (χ3n) is 9.95. The van der Waals surface area contributed by atoms with Gasteiger partial charge in [0.15, 0.2) is 5.78 Å². The Kier molecular flexibility index (Phi) is 16.5. The predicted molar refractivity (Wildman–Crippen MR) is 193 cm³/mol. The molecule has 1 fully saturated rings. The zero-order valence-corrected chi connectivity index (χ0v) is 32.6. The van der Waals surface area contributed by atoms with E-state index in [1.807, 2.05) is 62.3 Å². The van der Waals surface area contributed by atoms with Crippen molar-refractivity contribution in [3.8, 4) is 0 Å². The van der Waals surface area contributed by atoms with Gasteiger partial charge >= 0.3 is 12.0 Å². The van der Waals surface area contributed by atoms with Crippen LogP contribution in [0.25, 0.3) is 0 Å². The molecule has 1 rings (SSSR count). The third kappa shape index (κ3) is 13.0. The van der Waals surface area contributed by atoms with Crippen molar-refractivity contribution >= 4 is 35.4 Å². The molecule has 1 aliphatic carbocycles. The van der Waals surface area contributed by atoms with E-state index in [2.05, 4.69) is 21.3 Å². The summed E-state index contributed by atoms with van der Waals surface area (Å²) in [5, 5.41) is 22.1. The Morgan fingerprint density at radius 2 is 1.22 bits per heavy atom. The molecule has 1 aliphatic rings. The lowest BCUT2D eigenvalue weighted by atomic mass is 9.76. The number of carboxylic acid groups (broad SMARTS) is 1. The maximum Gasteiger partial charge on any atom is 0.315 e. The highest BCUT2D eigenvalue weighted by atomic mass is 16.4. The van der Waals surface area contributed by atoms with Crippen LogP contribution >= 0.6 is 0 Å². The fourth-order valence-electron chi connectivity index (χ4n) is 6.80. The van der Waals surface area contributed by atoms with E-state index in [0.717, 1.165) is 25.7 Å². The van der Waals surface area contributed by atoms with E-state index in [4.69, 9.17) is 0 Å². The average Bonchev–Trinajstić information content (AvgIpc) is 3.46. The maximum absolute atomic E-state index is 14.2. The zero-order valence-electron chi connectivity index (χ0n) is 32.6. The first-order valence-corrected chi connectivity index (χ1v) is 18.4. The summed E-state index contributed by atoms with van der Waals surface area (Å²) in [6.07, 6.45) is 4.91. The molecule has 11 nitrogen and oxygen atoms in total. The molecule has 49 heavy (non-hydrogen) atoms. The van der Waals surface area contributed by atoms with Gasteiger partial charge in [0.1, 0.15) is 11.8 Å². The monoisotopic (exact) mass is 693 g/mol. The van der Waals surface area contributed by atoms with Crippen molar-refractivity contribution in [1.29, 1.82) is 0 Å². The summed E-state index contributed by atoms with van der Waals surface area (Å²) in [6, 6.07) is -3.19. The van der Waals surface area contributed by atoms with Gasteiger partial charge in [0.2, 0.25) is 11.8 Å². The SMILES string of the molecule is CCCC(CCC)NC(=O)N[C@H](C(=O)C[C@@H](CC(=O)C(C)(C)C)C(=O)N[C@H](C(=O)N[C@H](CC)C(C)(C)C)C1(C(=O)O)CCCC1)C(C)(C)C. The molecule has 1 saturated carbocycles. The first-order chi connectivity index (χ1) is 22.4. The Labute approximate surface area is 295 Å². The number of hydrogen-bond donors (Lipinski definition) is 5.